The second-order valence-corrected chi connectivity index (χ2v) is 6.91. The third-order valence-electron chi connectivity index (χ3n) is 5.10. The Morgan fingerprint density at radius 2 is 1.86 bits per heavy atom. The predicted octanol–water partition coefficient (Wildman–Crippen LogP) is 5.86. The SMILES string of the molecule is CCCCCCc1ncc(OC2CCC(CC)CC2)cc1C. The number of nitrogens with zero attached hydrogens (tertiary/aromatic N) is 1. The first-order chi connectivity index (χ1) is 10.7. The van der Waals surface area contributed by atoms with Gasteiger partial charge in [-0.1, -0.05) is 39.5 Å². The molecule has 1 heterocycles. The first-order valence-electron chi connectivity index (χ1n) is 9.35. The van der Waals surface area contributed by atoms with Crippen LogP contribution in [0, 0.1) is 12.8 Å². The zero-order valence-corrected chi connectivity index (χ0v) is 14.7. The van der Waals surface area contributed by atoms with Crippen LogP contribution in [-0.4, -0.2) is 11.1 Å². The van der Waals surface area contributed by atoms with E-state index in [1.807, 2.05) is 6.20 Å². The van der Waals surface area contributed by atoms with Gasteiger partial charge in [0.25, 0.3) is 0 Å². The summed E-state index contributed by atoms with van der Waals surface area (Å²) in [5.41, 5.74) is 2.54. The monoisotopic (exact) mass is 303 g/mol. The summed E-state index contributed by atoms with van der Waals surface area (Å²) >= 11 is 0. The fourth-order valence-corrected chi connectivity index (χ4v) is 3.47. The van der Waals surface area contributed by atoms with Gasteiger partial charge in [0.05, 0.1) is 12.3 Å². The van der Waals surface area contributed by atoms with E-state index in [-0.39, 0.29) is 0 Å². The molecule has 124 valence electrons. The number of pyridine rings is 1. The summed E-state index contributed by atoms with van der Waals surface area (Å²) in [5.74, 6) is 1.89. The van der Waals surface area contributed by atoms with E-state index < -0.39 is 0 Å². The fourth-order valence-electron chi connectivity index (χ4n) is 3.47. The summed E-state index contributed by atoms with van der Waals surface area (Å²) in [6.45, 7) is 6.73. The summed E-state index contributed by atoms with van der Waals surface area (Å²) in [7, 11) is 0. The molecular formula is C20H33NO. The van der Waals surface area contributed by atoms with Crippen LogP contribution in [-0.2, 0) is 6.42 Å². The molecule has 0 amide bonds. The zero-order chi connectivity index (χ0) is 15.8. The Labute approximate surface area is 136 Å². The standard InChI is InChI=1S/C20H33NO/c1-4-6-7-8-9-20-16(3)14-19(15-21-20)22-18-12-10-17(5-2)11-13-18/h14-15,17-18H,4-13H2,1-3H3. The van der Waals surface area contributed by atoms with Crippen LogP contribution in [0.1, 0.15) is 82.9 Å². The Hall–Kier alpha value is -1.05. The Morgan fingerprint density at radius 1 is 1.09 bits per heavy atom. The molecule has 22 heavy (non-hydrogen) atoms. The van der Waals surface area contributed by atoms with Crippen LogP contribution in [0.2, 0.25) is 0 Å². The minimum absolute atomic E-state index is 0.402. The maximum absolute atomic E-state index is 6.16. The zero-order valence-electron chi connectivity index (χ0n) is 14.7. The number of ether oxygens (including phenoxy) is 1. The molecule has 1 aromatic rings. The second kappa shape index (κ2) is 9.17. The molecule has 0 aromatic carbocycles. The molecule has 1 aromatic heterocycles. The van der Waals surface area contributed by atoms with E-state index in [1.165, 1.54) is 69.0 Å². The molecule has 0 spiro atoms. The predicted molar refractivity (Wildman–Crippen MR) is 93.5 cm³/mol. The summed E-state index contributed by atoms with van der Waals surface area (Å²) in [5, 5.41) is 0. The van der Waals surface area contributed by atoms with Gasteiger partial charge in [0, 0.05) is 5.69 Å². The van der Waals surface area contributed by atoms with Crippen LogP contribution in [0.15, 0.2) is 12.3 Å². The second-order valence-electron chi connectivity index (χ2n) is 6.91. The van der Waals surface area contributed by atoms with Gasteiger partial charge in [-0.2, -0.15) is 0 Å². The van der Waals surface area contributed by atoms with Crippen LogP contribution >= 0.6 is 0 Å². The van der Waals surface area contributed by atoms with E-state index in [9.17, 15) is 0 Å². The third kappa shape index (κ3) is 5.30. The molecule has 0 atom stereocenters. The van der Waals surface area contributed by atoms with Gasteiger partial charge in [-0.25, -0.2) is 0 Å². The van der Waals surface area contributed by atoms with Crippen molar-refractivity contribution < 1.29 is 4.74 Å². The molecule has 0 bridgehead atoms. The van der Waals surface area contributed by atoms with Crippen LogP contribution < -0.4 is 4.74 Å². The lowest BCUT2D eigenvalue weighted by Crippen LogP contribution is -2.24. The lowest BCUT2D eigenvalue weighted by molar-refractivity contribution is 0.129. The van der Waals surface area contributed by atoms with Crippen molar-refractivity contribution in [2.45, 2.75) is 91.1 Å². The Balaban J connectivity index is 1.81. The quantitative estimate of drug-likeness (QED) is 0.561. The van der Waals surface area contributed by atoms with Gasteiger partial charge in [-0.05, 0) is 63.0 Å². The molecule has 1 fully saturated rings. The van der Waals surface area contributed by atoms with Crippen molar-refractivity contribution in [3.05, 3.63) is 23.5 Å². The molecule has 0 unspecified atom stereocenters. The molecule has 1 aliphatic rings. The van der Waals surface area contributed by atoms with E-state index in [0.29, 0.717) is 6.10 Å². The van der Waals surface area contributed by atoms with E-state index in [0.717, 1.165) is 18.1 Å². The normalized spacial score (nSPS) is 21.8. The number of hydrogen-bond donors (Lipinski definition) is 0. The highest BCUT2D eigenvalue weighted by molar-refractivity contribution is 5.28. The molecule has 0 N–H and O–H groups in total. The van der Waals surface area contributed by atoms with Gasteiger partial charge in [-0.3, -0.25) is 4.98 Å². The summed E-state index contributed by atoms with van der Waals surface area (Å²) in [4.78, 5) is 4.65. The third-order valence-corrected chi connectivity index (χ3v) is 5.10. The van der Waals surface area contributed by atoms with Crippen LogP contribution in [0.5, 0.6) is 5.75 Å². The van der Waals surface area contributed by atoms with E-state index >= 15 is 0 Å². The highest BCUT2D eigenvalue weighted by Crippen LogP contribution is 2.29. The lowest BCUT2D eigenvalue weighted by Gasteiger charge is -2.28. The molecule has 1 aliphatic carbocycles. The average Bonchev–Trinajstić information content (AvgIpc) is 2.54. The molecule has 2 rings (SSSR count). The van der Waals surface area contributed by atoms with Crippen molar-refractivity contribution in [2.24, 2.45) is 5.92 Å². The topological polar surface area (TPSA) is 22.1 Å². The molecule has 0 saturated heterocycles. The lowest BCUT2D eigenvalue weighted by atomic mass is 9.86. The van der Waals surface area contributed by atoms with Gasteiger partial charge in [0.15, 0.2) is 0 Å². The summed E-state index contributed by atoms with van der Waals surface area (Å²) in [6.07, 6.45) is 15.0. The van der Waals surface area contributed by atoms with Gasteiger partial charge >= 0.3 is 0 Å². The maximum atomic E-state index is 6.16. The van der Waals surface area contributed by atoms with Crippen molar-refractivity contribution >= 4 is 0 Å². The maximum Gasteiger partial charge on any atom is 0.138 e. The van der Waals surface area contributed by atoms with Crippen molar-refractivity contribution in [1.29, 1.82) is 0 Å². The summed E-state index contributed by atoms with van der Waals surface area (Å²) in [6, 6.07) is 2.19. The average molecular weight is 303 g/mol. The minimum Gasteiger partial charge on any atom is -0.489 e. The molecule has 2 heteroatoms. The molecule has 1 saturated carbocycles. The van der Waals surface area contributed by atoms with E-state index in [2.05, 4.69) is 31.8 Å². The van der Waals surface area contributed by atoms with E-state index in [1.54, 1.807) is 0 Å². The van der Waals surface area contributed by atoms with Crippen LogP contribution in [0.25, 0.3) is 0 Å². The number of aromatic nitrogens is 1. The van der Waals surface area contributed by atoms with Gasteiger partial charge in [0.1, 0.15) is 5.75 Å². The van der Waals surface area contributed by atoms with Crippen LogP contribution in [0.3, 0.4) is 0 Å². The van der Waals surface area contributed by atoms with Crippen molar-refractivity contribution in [1.82, 2.24) is 4.98 Å². The molecule has 0 aliphatic heterocycles. The van der Waals surface area contributed by atoms with Crippen LogP contribution in [0.4, 0.5) is 0 Å². The molecular weight excluding hydrogens is 270 g/mol. The van der Waals surface area contributed by atoms with Crippen molar-refractivity contribution in [2.75, 3.05) is 0 Å². The van der Waals surface area contributed by atoms with E-state index in [4.69, 9.17) is 4.74 Å². The first kappa shape index (κ1) is 17.3. The number of unbranched alkanes of at least 4 members (excludes halogenated alkanes) is 3. The Morgan fingerprint density at radius 3 is 2.50 bits per heavy atom. The Bertz CT molecular complexity index is 435. The van der Waals surface area contributed by atoms with Gasteiger partial charge < -0.3 is 4.74 Å². The summed E-state index contributed by atoms with van der Waals surface area (Å²) < 4.78 is 6.16. The Kier molecular flexibility index (Phi) is 7.21. The van der Waals surface area contributed by atoms with Crippen molar-refractivity contribution in [3.63, 3.8) is 0 Å². The highest BCUT2D eigenvalue weighted by Gasteiger charge is 2.21. The smallest absolute Gasteiger partial charge is 0.138 e. The fraction of sp³-hybridized carbons (Fsp3) is 0.750. The first-order valence-corrected chi connectivity index (χ1v) is 9.35. The molecule has 2 nitrogen and oxygen atoms in total. The van der Waals surface area contributed by atoms with Gasteiger partial charge in [-0.15, -0.1) is 0 Å². The number of aryl methyl sites for hydroxylation is 2. The highest BCUT2D eigenvalue weighted by atomic mass is 16.5. The molecule has 0 radical (unpaired) electrons. The minimum atomic E-state index is 0.402. The van der Waals surface area contributed by atoms with Crippen molar-refractivity contribution in [3.8, 4) is 5.75 Å². The number of rotatable bonds is 8. The number of hydrogen-bond acceptors (Lipinski definition) is 2. The van der Waals surface area contributed by atoms with Gasteiger partial charge in [0.2, 0.25) is 0 Å². The largest absolute Gasteiger partial charge is 0.489 e.